The monoisotopic (exact) mass is 2330 g/mol. The lowest BCUT2D eigenvalue weighted by molar-refractivity contribution is 0.111. The number of nitrogens with zero attached hydrogens (tertiary/aromatic N) is 15. The molecule has 31 nitrogen and oxygen atoms in total. The van der Waals surface area contributed by atoms with Gasteiger partial charge in [0.2, 0.25) is 23.1 Å². The molecular formula is C102H128BBr3Cl2F4N20O11S4. The molecule has 2 aliphatic heterocycles. The number of hydrogen-bond donors (Lipinski definition) is 7. The van der Waals surface area contributed by atoms with Crippen molar-refractivity contribution in [1.82, 2.24) is 69.3 Å². The van der Waals surface area contributed by atoms with Gasteiger partial charge in [-0.2, -0.15) is 14.4 Å². The van der Waals surface area contributed by atoms with Gasteiger partial charge < -0.3 is 30.6 Å². The van der Waals surface area contributed by atoms with E-state index in [1.54, 1.807) is 101 Å². The van der Waals surface area contributed by atoms with Crippen molar-refractivity contribution < 1.29 is 68.3 Å². The second-order valence-corrected chi connectivity index (χ2v) is 48.6. The van der Waals surface area contributed by atoms with E-state index < -0.39 is 63.2 Å². The lowest BCUT2D eigenvalue weighted by Crippen LogP contribution is -2.38. The van der Waals surface area contributed by atoms with Crippen LogP contribution in [0.1, 0.15) is 224 Å². The maximum absolute atomic E-state index is 13.5. The predicted molar refractivity (Wildman–Crippen MR) is 593 cm³/mol. The lowest BCUT2D eigenvalue weighted by Gasteiger charge is -2.22. The van der Waals surface area contributed by atoms with E-state index in [0.717, 1.165) is 69.6 Å². The molecule has 8 aromatic heterocycles. The second-order valence-electron chi connectivity index (χ2n) is 37.8. The number of hydrogen-bond acceptors (Lipinski definition) is 25. The molecule has 10 heterocycles. The van der Waals surface area contributed by atoms with Crippen LogP contribution >= 0.6 is 71.8 Å². The van der Waals surface area contributed by atoms with Crippen molar-refractivity contribution in [3.63, 3.8) is 0 Å². The third kappa shape index (κ3) is 42.5. The molecular weight excluding hydrogens is 2210 g/mol. The van der Waals surface area contributed by atoms with Crippen LogP contribution in [0.15, 0.2) is 213 Å². The summed E-state index contributed by atoms with van der Waals surface area (Å²) in [5.41, 5.74) is 18.4. The van der Waals surface area contributed by atoms with Crippen molar-refractivity contribution in [3.8, 4) is 33.4 Å². The number of benzene rings is 4. The van der Waals surface area contributed by atoms with Gasteiger partial charge in [0.05, 0.1) is 117 Å². The highest BCUT2D eigenvalue weighted by Crippen LogP contribution is 2.32. The quantitative estimate of drug-likeness (QED) is 0.0152. The number of nitrogens with two attached hydrogens (primary N) is 2. The van der Waals surface area contributed by atoms with E-state index in [1.807, 2.05) is 211 Å². The summed E-state index contributed by atoms with van der Waals surface area (Å²) in [6.45, 7) is 46.0. The minimum absolute atomic E-state index is 0. The number of carbonyl (C=O) groups excluding carboxylic acids is 3. The molecule has 12 aromatic rings. The predicted octanol–water partition coefficient (Wildman–Crippen LogP) is 21.5. The third-order valence-corrected chi connectivity index (χ3v) is 28.3. The van der Waals surface area contributed by atoms with E-state index in [-0.39, 0.29) is 120 Å². The van der Waals surface area contributed by atoms with Crippen LogP contribution < -0.4 is 40.9 Å². The van der Waals surface area contributed by atoms with Gasteiger partial charge in [-0.25, -0.2) is 83.2 Å². The van der Waals surface area contributed by atoms with Crippen LogP contribution in [0.5, 0.6) is 0 Å². The Morgan fingerprint density at radius 1 is 0.463 bits per heavy atom. The summed E-state index contributed by atoms with van der Waals surface area (Å²) in [7, 11) is -6.15. The molecule has 0 radical (unpaired) electrons. The Hall–Kier alpha value is -10.4. The second kappa shape index (κ2) is 59.9. The van der Waals surface area contributed by atoms with Crippen LogP contribution in [-0.4, -0.2) is 163 Å². The lowest BCUT2D eigenvalue weighted by atomic mass is 9.80. The Morgan fingerprint density at radius 3 is 1.13 bits per heavy atom. The Morgan fingerprint density at radius 2 is 0.810 bits per heavy atom. The van der Waals surface area contributed by atoms with Gasteiger partial charge in [0, 0.05) is 73.3 Å². The fraction of sp³-hybridized carbons (Fsp3) is 0.373. The number of carbonyl (C=O) groups is 3. The van der Waals surface area contributed by atoms with E-state index in [1.165, 1.54) is 65.1 Å². The maximum Gasteiger partial charge on any atom is 0.488 e. The van der Waals surface area contributed by atoms with Crippen LogP contribution in [-0.2, 0) is 53.4 Å². The number of cyclic esters (lactones) is 2. The summed E-state index contributed by atoms with van der Waals surface area (Å²) in [6.07, 6.45) is 14.3. The number of rotatable bonds is 21. The van der Waals surface area contributed by atoms with Crippen molar-refractivity contribution in [2.45, 2.75) is 221 Å². The van der Waals surface area contributed by atoms with Gasteiger partial charge in [-0.15, -0.1) is 12.4 Å². The minimum Gasteiger partial charge on any atom is -0.447 e. The van der Waals surface area contributed by atoms with Gasteiger partial charge in [-0.1, -0.05) is 76.2 Å². The van der Waals surface area contributed by atoms with Crippen molar-refractivity contribution in [2.75, 3.05) is 28.3 Å². The van der Waals surface area contributed by atoms with Gasteiger partial charge in [0.15, 0.2) is 6.29 Å². The largest absolute Gasteiger partial charge is 0.488 e. The zero-order valence-electron chi connectivity index (χ0n) is 86.2. The molecule has 792 valence electrons. The van der Waals surface area contributed by atoms with Crippen LogP contribution in [0.2, 0.25) is 5.28 Å². The first-order chi connectivity index (χ1) is 68.3. The van der Waals surface area contributed by atoms with Crippen LogP contribution in [0.4, 0.5) is 45.0 Å². The Bertz CT molecular complexity index is 6380. The molecule has 0 spiro atoms. The number of ether oxygens (including phenoxy) is 2. The topological polar surface area (TPSA) is 440 Å². The molecule has 4 aromatic carbocycles. The molecule has 3 unspecified atom stereocenters. The van der Waals surface area contributed by atoms with Crippen molar-refractivity contribution >= 4 is 171 Å². The average Bonchev–Trinajstić information content (AvgIpc) is 1.68. The first kappa shape index (κ1) is 127. The fourth-order valence-electron chi connectivity index (χ4n) is 11.9. The molecule has 147 heavy (non-hydrogen) atoms. The summed E-state index contributed by atoms with van der Waals surface area (Å²) in [5.74, 6) is 0.318. The number of anilines is 3. The van der Waals surface area contributed by atoms with E-state index in [9.17, 15) is 48.8 Å². The first-order valence-corrected chi connectivity index (χ1v) is 53.2. The van der Waals surface area contributed by atoms with E-state index >= 15 is 0 Å². The fourth-order valence-corrected chi connectivity index (χ4v) is 14.8. The number of pyridine rings is 6. The standard InChI is InChI=1S/C23H25FN6O2.C18H23FN2OS.C14H15FN2.C11H17BrN2OS.C10H13BrN2OS.C9H11ClN4O2.C7H8BFO2.C6H4BrNO.C4H11NOS.ClH/c1-13(2)20-11-32-23(31)30(20)22-27-12-26-21(29-22)28-15(4)19-8-6-17(10-25-19)16-5-7-18(24)14(3)9-16;1-12-10-14(6-8-16(12)19)15-7-9-17(20-11-15)13(2)21-23(22)18(3,4)5;1-9-7-11(3-5-13(9)15)12-4-6-14(10(2)16)17-8-12;1-8(14-16(15)11(2,3)4)10-6-5-9(12)7-13-10;1-10(2,3)15(14)13-7-9-5-4-8(11)6-12-9;1-5(2)6-3-16-9(15)14(6)8-12-4-11-7(10)13-8;1-5-4-6(8(10)11)2-3-7(5)9;7-5-1-2-6(4-9)8-3-5;1-4(2,3)7(5)6;/h5-10,12-13,15,20H,11H2,1-4H3,(H,26,27,28,29);6-11,13,21H,1-5H3;3-8,10H,16H2,1-2H3;5-8,14H,1-4H3;4-7H,1-3H3;4-6H,3H2,1-2H3;2-4,10-11H,1H3;1-4H;5H2,1-3H3;1H/t15-,20+;13-,23?;10-;8-,16?;;6-;;;7-;/m0000.1..0./s1. The molecule has 45 heteroatoms. The smallest absolute Gasteiger partial charge is 0.447 e. The highest BCUT2D eigenvalue weighted by Gasteiger charge is 2.40. The summed E-state index contributed by atoms with van der Waals surface area (Å²) in [4.78, 5) is 86.4. The zero-order chi connectivity index (χ0) is 109. The van der Waals surface area contributed by atoms with Crippen LogP contribution in [0, 0.1) is 62.8 Å². The van der Waals surface area contributed by atoms with E-state index in [2.05, 4.69) is 127 Å². The van der Waals surface area contributed by atoms with Crippen molar-refractivity contribution in [3.05, 3.63) is 294 Å². The highest BCUT2D eigenvalue weighted by atomic mass is 79.9. The molecule has 10 atom stereocenters. The number of aryl methyl sites for hydroxylation is 4. The number of nitrogens with one attached hydrogen (secondary N) is 3. The van der Waals surface area contributed by atoms with Gasteiger partial charge in [0.1, 0.15) is 65.8 Å². The molecule has 2 saturated heterocycles. The minimum atomic E-state index is -1.52. The molecule has 9 N–H and O–H groups in total. The Balaban J connectivity index is 0.000000300. The Labute approximate surface area is 905 Å². The van der Waals surface area contributed by atoms with E-state index in [4.69, 9.17) is 42.0 Å². The van der Waals surface area contributed by atoms with E-state index in [0.29, 0.717) is 64.6 Å². The number of aldehydes is 1. The highest BCUT2D eigenvalue weighted by molar-refractivity contribution is 9.11. The summed E-state index contributed by atoms with van der Waals surface area (Å²) in [5, 5.41) is 25.7. The molecule has 0 aliphatic carbocycles. The van der Waals surface area contributed by atoms with Crippen molar-refractivity contribution in [2.24, 2.45) is 27.1 Å². The molecule has 0 saturated carbocycles. The zero-order valence-corrected chi connectivity index (χ0v) is 95.8. The molecule has 0 bridgehead atoms. The summed E-state index contributed by atoms with van der Waals surface area (Å²) in [6, 6.07) is 41.0. The van der Waals surface area contributed by atoms with Gasteiger partial charge in [0.25, 0.3) is 0 Å². The van der Waals surface area contributed by atoms with Gasteiger partial charge in [-0.05, 0) is 351 Å². The molecule has 2 fully saturated rings. The normalized spacial score (nSPS) is 14.9. The summed E-state index contributed by atoms with van der Waals surface area (Å²) >= 11 is 15.5. The molecule has 14 rings (SSSR count). The van der Waals surface area contributed by atoms with Crippen LogP contribution in [0.3, 0.4) is 0 Å². The molecule has 2 aliphatic rings. The first-order valence-electron chi connectivity index (χ1n) is 45.8. The van der Waals surface area contributed by atoms with Gasteiger partial charge in [-0.3, -0.25) is 39.8 Å². The van der Waals surface area contributed by atoms with Crippen molar-refractivity contribution in [1.29, 1.82) is 0 Å². The average molecular weight is 2340 g/mol. The number of amides is 2. The van der Waals surface area contributed by atoms with Gasteiger partial charge >= 0.3 is 19.3 Å². The number of halogens is 9. The number of aromatic nitrogens is 12. The molecule has 2 amide bonds. The third-order valence-electron chi connectivity index (χ3n) is 20.8. The Kier molecular flexibility index (Phi) is 51.8. The SMILES string of the molecule is CC(C)(C)S(=O)N=Cc1ccc(Br)cn1.CC(C)(C)[S@@](N)=O.CC(C)[C@H]1COC(=O)N1c1ncnc(Cl)n1.C[C@H](NS(=O)C(C)(C)C)c1ccc(Br)cn1.Cc1cc(-c2ccc([C@H](C)N)nc2)ccc1F.Cc1cc(-c2ccc([C@H](C)NS(=O)C(C)(C)C)nc2)ccc1F.Cc1cc(-c2ccc([C@H](C)Nc3ncnc(N4C(=O)OC[C@@H]4C(C)C)n3)nc2)ccc1F.Cc1cc(B(O)O)ccc1F.Cl.O=Cc1ccc(Br)cn1. The summed E-state index contributed by atoms with van der Waals surface area (Å²) < 4.78 is 120. The maximum atomic E-state index is 13.5. The van der Waals surface area contributed by atoms with Crippen LogP contribution in [0.25, 0.3) is 33.4 Å².